The third-order valence-corrected chi connectivity index (χ3v) is 2.90. The van der Waals surface area contributed by atoms with E-state index in [9.17, 15) is 22.8 Å². The molecule has 0 saturated heterocycles. The van der Waals surface area contributed by atoms with E-state index in [1.807, 2.05) is 0 Å². The lowest BCUT2D eigenvalue weighted by molar-refractivity contribution is -0.138. The number of nitrogens with one attached hydrogen (secondary N) is 2. The molecular weight excluding hydrogens is 333 g/mol. The molecule has 0 radical (unpaired) electrons. The quantitative estimate of drug-likeness (QED) is 0.631. The number of aromatic nitrogens is 1. The molecule has 0 aliphatic heterocycles. The number of hydrogen-bond acceptors (Lipinski definition) is 4. The lowest BCUT2D eigenvalue weighted by Gasteiger charge is -2.28. The third kappa shape index (κ3) is 5.16. The lowest BCUT2D eigenvalue weighted by Crippen LogP contribution is -2.54. The summed E-state index contributed by atoms with van der Waals surface area (Å²) in [7, 11) is 0. The maximum absolute atomic E-state index is 12.9. The Hall–Kier alpha value is -2.23. The maximum Gasteiger partial charge on any atom is 0.417 e. The topological polar surface area (TPSA) is 74.3 Å². The summed E-state index contributed by atoms with van der Waals surface area (Å²) in [6.07, 6.45) is -2.96. The molecule has 23 heavy (non-hydrogen) atoms. The highest BCUT2D eigenvalue weighted by Crippen LogP contribution is 2.31. The number of hydrazine groups is 1. The van der Waals surface area contributed by atoms with Crippen LogP contribution in [0.25, 0.3) is 0 Å². The van der Waals surface area contributed by atoms with Gasteiger partial charge in [0.15, 0.2) is 5.11 Å². The monoisotopic (exact) mass is 348 g/mol. The molecule has 1 aromatic rings. The first kappa shape index (κ1) is 18.8. The van der Waals surface area contributed by atoms with Crippen molar-refractivity contribution in [2.24, 2.45) is 0 Å². The number of halogens is 3. The van der Waals surface area contributed by atoms with Crippen LogP contribution < -0.4 is 10.7 Å². The Morgan fingerprint density at radius 3 is 2.43 bits per heavy atom. The minimum absolute atomic E-state index is 0.225. The van der Waals surface area contributed by atoms with E-state index in [0.717, 1.165) is 12.4 Å². The van der Waals surface area contributed by atoms with E-state index in [0.29, 0.717) is 6.07 Å². The van der Waals surface area contributed by atoms with Gasteiger partial charge in [-0.15, -0.1) is 0 Å². The fourth-order valence-corrected chi connectivity index (χ4v) is 1.98. The van der Waals surface area contributed by atoms with Crippen molar-refractivity contribution in [3.63, 3.8) is 0 Å². The second kappa shape index (κ2) is 7.36. The van der Waals surface area contributed by atoms with Gasteiger partial charge in [0, 0.05) is 25.4 Å². The highest BCUT2D eigenvalue weighted by atomic mass is 32.1. The number of thiocarbonyl (C=S) groups is 1. The van der Waals surface area contributed by atoms with Gasteiger partial charge in [0.1, 0.15) is 0 Å². The van der Waals surface area contributed by atoms with Crippen LogP contribution in [0.1, 0.15) is 36.7 Å². The van der Waals surface area contributed by atoms with E-state index >= 15 is 0 Å². The van der Waals surface area contributed by atoms with Gasteiger partial charge in [0.2, 0.25) is 5.91 Å². The fraction of sp³-hybridized carbons (Fsp3) is 0.385. The van der Waals surface area contributed by atoms with Crippen LogP contribution >= 0.6 is 12.2 Å². The summed E-state index contributed by atoms with van der Waals surface area (Å²) < 4.78 is 38.7. The van der Waals surface area contributed by atoms with Gasteiger partial charge in [-0.3, -0.25) is 30.3 Å². The van der Waals surface area contributed by atoms with Gasteiger partial charge in [-0.05, 0) is 32.1 Å². The number of hydrogen-bond donors (Lipinski definition) is 2. The smallest absolute Gasteiger partial charge is 0.297 e. The molecule has 0 atom stereocenters. The summed E-state index contributed by atoms with van der Waals surface area (Å²) in [5.41, 5.74) is 0.601. The molecule has 0 fully saturated rings. The van der Waals surface area contributed by atoms with E-state index in [1.54, 1.807) is 13.8 Å². The normalized spacial score (nSPS) is 11.1. The zero-order chi connectivity index (χ0) is 17.8. The Labute approximate surface area is 136 Å². The average molecular weight is 348 g/mol. The lowest BCUT2D eigenvalue weighted by atomic mass is 10.1. The summed E-state index contributed by atoms with van der Waals surface area (Å²) in [6, 6.07) is 0.383. The summed E-state index contributed by atoms with van der Waals surface area (Å²) in [5.74, 6) is -1.50. The van der Waals surface area contributed by atoms with E-state index in [4.69, 9.17) is 12.2 Å². The molecule has 6 nitrogen and oxygen atoms in total. The van der Waals surface area contributed by atoms with Gasteiger partial charge < -0.3 is 0 Å². The first-order valence-corrected chi connectivity index (χ1v) is 6.87. The van der Waals surface area contributed by atoms with Crippen molar-refractivity contribution in [2.45, 2.75) is 33.0 Å². The Morgan fingerprint density at radius 2 is 1.96 bits per heavy atom. The Kier molecular flexibility index (Phi) is 6.02. The zero-order valence-corrected chi connectivity index (χ0v) is 13.4. The SMILES string of the molecule is CC(=O)NN(C(=S)NC(=O)c1cnccc1C(F)(F)F)C(C)C. The van der Waals surface area contributed by atoms with Gasteiger partial charge in [-0.1, -0.05) is 0 Å². The number of alkyl halides is 3. The third-order valence-electron chi connectivity index (χ3n) is 2.60. The van der Waals surface area contributed by atoms with Crippen molar-refractivity contribution < 1.29 is 22.8 Å². The first-order chi connectivity index (χ1) is 10.5. The number of rotatable bonds is 2. The van der Waals surface area contributed by atoms with Crippen molar-refractivity contribution in [3.05, 3.63) is 29.6 Å². The predicted molar refractivity (Wildman–Crippen MR) is 80.1 cm³/mol. The van der Waals surface area contributed by atoms with E-state index < -0.39 is 29.1 Å². The molecule has 1 rings (SSSR count). The maximum atomic E-state index is 12.9. The Bertz CT molecular complexity index is 619. The van der Waals surface area contributed by atoms with Crippen LogP contribution in [0.3, 0.4) is 0 Å². The van der Waals surface area contributed by atoms with Gasteiger partial charge in [-0.25, -0.2) is 0 Å². The van der Waals surface area contributed by atoms with Gasteiger partial charge in [0.05, 0.1) is 11.1 Å². The van der Waals surface area contributed by atoms with Crippen molar-refractivity contribution in [1.82, 2.24) is 20.7 Å². The van der Waals surface area contributed by atoms with Crippen molar-refractivity contribution in [3.8, 4) is 0 Å². The van der Waals surface area contributed by atoms with Crippen molar-refractivity contribution in [1.29, 1.82) is 0 Å². The summed E-state index contributed by atoms with van der Waals surface area (Å²) >= 11 is 4.96. The zero-order valence-electron chi connectivity index (χ0n) is 12.6. The van der Waals surface area contributed by atoms with Crippen LogP contribution in [0.2, 0.25) is 0 Å². The fourth-order valence-electron chi connectivity index (χ4n) is 1.63. The largest absolute Gasteiger partial charge is 0.417 e. The van der Waals surface area contributed by atoms with E-state index in [2.05, 4.69) is 15.7 Å². The molecule has 10 heteroatoms. The van der Waals surface area contributed by atoms with Crippen LogP contribution in [0.5, 0.6) is 0 Å². The van der Waals surface area contributed by atoms with Crippen molar-refractivity contribution >= 4 is 29.1 Å². The predicted octanol–water partition coefficient (Wildman–Crippen LogP) is 1.88. The van der Waals surface area contributed by atoms with Gasteiger partial charge in [-0.2, -0.15) is 13.2 Å². The Morgan fingerprint density at radius 1 is 1.35 bits per heavy atom. The number of carbonyl (C=O) groups excluding carboxylic acids is 2. The molecule has 0 aliphatic carbocycles. The molecule has 0 aliphatic rings. The molecule has 2 N–H and O–H groups in total. The van der Waals surface area contributed by atoms with E-state index in [-0.39, 0.29) is 11.2 Å². The second-order valence-electron chi connectivity index (χ2n) is 4.81. The van der Waals surface area contributed by atoms with Crippen LogP contribution in [0.4, 0.5) is 13.2 Å². The second-order valence-corrected chi connectivity index (χ2v) is 5.20. The Balaban J connectivity index is 3.00. The number of pyridine rings is 1. The van der Waals surface area contributed by atoms with Crippen LogP contribution in [0, 0.1) is 0 Å². The molecule has 0 unspecified atom stereocenters. The van der Waals surface area contributed by atoms with Gasteiger partial charge in [0.25, 0.3) is 5.91 Å². The standard InChI is InChI=1S/C13H15F3N4O2S/c1-7(2)20(19-8(3)21)12(23)18-11(22)9-6-17-5-4-10(9)13(14,15)16/h4-7H,1-3H3,(H,19,21)(H,18,22,23). The number of amides is 2. The summed E-state index contributed by atoms with van der Waals surface area (Å²) in [4.78, 5) is 26.7. The van der Waals surface area contributed by atoms with Crippen molar-refractivity contribution in [2.75, 3.05) is 0 Å². The number of carbonyl (C=O) groups is 2. The highest BCUT2D eigenvalue weighted by Gasteiger charge is 2.35. The molecule has 126 valence electrons. The first-order valence-electron chi connectivity index (χ1n) is 6.47. The number of nitrogens with zero attached hydrogens (tertiary/aromatic N) is 2. The van der Waals surface area contributed by atoms with Crippen LogP contribution in [-0.4, -0.2) is 33.0 Å². The molecule has 1 heterocycles. The van der Waals surface area contributed by atoms with E-state index in [1.165, 1.54) is 11.9 Å². The van der Waals surface area contributed by atoms with Gasteiger partial charge >= 0.3 is 6.18 Å². The molecule has 1 aromatic heterocycles. The molecule has 0 bridgehead atoms. The molecular formula is C13H15F3N4O2S. The molecule has 0 saturated carbocycles. The minimum Gasteiger partial charge on any atom is -0.297 e. The summed E-state index contributed by atoms with van der Waals surface area (Å²) in [5, 5.41) is 3.10. The van der Waals surface area contributed by atoms with Crippen LogP contribution in [0.15, 0.2) is 18.5 Å². The average Bonchev–Trinajstić information content (AvgIpc) is 2.43. The highest BCUT2D eigenvalue weighted by molar-refractivity contribution is 7.80. The van der Waals surface area contributed by atoms with Crippen LogP contribution in [-0.2, 0) is 11.0 Å². The minimum atomic E-state index is -4.70. The molecule has 2 amide bonds. The summed E-state index contributed by atoms with van der Waals surface area (Å²) in [6.45, 7) is 4.60. The molecule has 0 spiro atoms. The molecule has 0 aromatic carbocycles.